The van der Waals surface area contributed by atoms with E-state index in [-0.39, 0.29) is 24.0 Å². The molecule has 0 N–H and O–H groups in total. The average Bonchev–Trinajstić information content (AvgIpc) is 2.99. The number of hydrogen-bond donors (Lipinski definition) is 0. The molecule has 1 atom stereocenters. The molecule has 0 saturated carbocycles. The van der Waals surface area contributed by atoms with Gasteiger partial charge in [0.15, 0.2) is 5.65 Å². The van der Waals surface area contributed by atoms with Gasteiger partial charge in [-0.3, -0.25) is 4.79 Å². The maximum absolute atomic E-state index is 12.4. The third kappa shape index (κ3) is 3.15. The van der Waals surface area contributed by atoms with E-state index in [1.165, 1.54) is 0 Å². The van der Waals surface area contributed by atoms with Crippen molar-refractivity contribution >= 4 is 11.6 Å². The minimum Gasteiger partial charge on any atom is -0.375 e. The molecule has 6 nitrogen and oxygen atoms in total. The summed E-state index contributed by atoms with van der Waals surface area (Å²) >= 11 is 0. The van der Waals surface area contributed by atoms with Crippen LogP contribution in [0.15, 0.2) is 18.3 Å². The predicted molar refractivity (Wildman–Crippen MR) is 91.9 cm³/mol. The molecular formula is C18H26N4O2. The van der Waals surface area contributed by atoms with Crippen LogP contribution in [0.3, 0.4) is 0 Å². The van der Waals surface area contributed by atoms with Crippen LogP contribution >= 0.6 is 0 Å². The monoisotopic (exact) mass is 330 g/mol. The number of hydrogen-bond acceptors (Lipinski definition) is 4. The minimum absolute atomic E-state index is 0.0274. The first-order valence-corrected chi connectivity index (χ1v) is 8.55. The van der Waals surface area contributed by atoms with Crippen molar-refractivity contribution in [2.45, 2.75) is 51.5 Å². The number of amides is 1. The molecule has 1 aliphatic heterocycles. The molecule has 0 bridgehead atoms. The number of fused-ring (bicyclic) bond motifs is 1. The highest BCUT2D eigenvalue weighted by molar-refractivity contribution is 5.78. The van der Waals surface area contributed by atoms with E-state index in [2.05, 4.69) is 25.8 Å². The number of piperidine rings is 1. The van der Waals surface area contributed by atoms with Crippen LogP contribution in [0.2, 0.25) is 0 Å². The normalized spacial score (nSPS) is 19.0. The second-order valence-electron chi connectivity index (χ2n) is 7.45. The van der Waals surface area contributed by atoms with Gasteiger partial charge >= 0.3 is 0 Å². The van der Waals surface area contributed by atoms with Crippen LogP contribution in [0.25, 0.3) is 5.65 Å². The highest BCUT2D eigenvalue weighted by atomic mass is 16.5. The summed E-state index contributed by atoms with van der Waals surface area (Å²) in [5.41, 5.74) is 2.83. The van der Waals surface area contributed by atoms with Crippen molar-refractivity contribution in [3.63, 3.8) is 0 Å². The molecule has 6 heteroatoms. The highest BCUT2D eigenvalue weighted by Gasteiger charge is 2.30. The molecule has 2 aromatic rings. The maximum atomic E-state index is 12.4. The van der Waals surface area contributed by atoms with Gasteiger partial charge in [0.1, 0.15) is 6.61 Å². The summed E-state index contributed by atoms with van der Waals surface area (Å²) in [5.74, 6) is 0.0374. The summed E-state index contributed by atoms with van der Waals surface area (Å²) in [5, 5.41) is 4.78. The zero-order valence-electron chi connectivity index (χ0n) is 15.0. The molecule has 3 rings (SSSR count). The standard InChI is InChI=1S/C18H26N4O2/c1-18(2,3)15-11-16-19-9-8-14(22(16)20-15)13-7-5-6-10-21(13)17(23)12-24-4/h8-9,11,13H,5-7,10,12H2,1-4H3. The number of aromatic nitrogens is 3. The van der Waals surface area contributed by atoms with E-state index in [0.717, 1.165) is 42.8 Å². The molecule has 1 saturated heterocycles. The molecule has 24 heavy (non-hydrogen) atoms. The molecular weight excluding hydrogens is 304 g/mol. The summed E-state index contributed by atoms with van der Waals surface area (Å²) in [6.45, 7) is 7.32. The minimum atomic E-state index is -0.0386. The molecule has 130 valence electrons. The quantitative estimate of drug-likeness (QED) is 0.868. The Labute approximate surface area is 142 Å². The third-order valence-electron chi connectivity index (χ3n) is 4.59. The molecule has 1 amide bonds. The number of likely N-dealkylation sites (tertiary alicyclic amines) is 1. The second-order valence-corrected chi connectivity index (χ2v) is 7.45. The van der Waals surface area contributed by atoms with Gasteiger partial charge in [-0.05, 0) is 25.3 Å². The fourth-order valence-corrected chi connectivity index (χ4v) is 3.28. The summed E-state index contributed by atoms with van der Waals surface area (Å²) in [7, 11) is 1.56. The Hall–Kier alpha value is -1.95. The molecule has 0 aliphatic carbocycles. The van der Waals surface area contributed by atoms with Crippen LogP contribution in [0.5, 0.6) is 0 Å². The number of rotatable bonds is 3. The number of carbonyl (C=O) groups is 1. The van der Waals surface area contributed by atoms with E-state index in [4.69, 9.17) is 9.84 Å². The zero-order chi connectivity index (χ0) is 17.3. The van der Waals surface area contributed by atoms with Crippen LogP contribution < -0.4 is 0 Å². The maximum Gasteiger partial charge on any atom is 0.249 e. The van der Waals surface area contributed by atoms with Crippen molar-refractivity contribution in [3.05, 3.63) is 29.7 Å². The lowest BCUT2D eigenvalue weighted by Crippen LogP contribution is -2.41. The van der Waals surface area contributed by atoms with Gasteiger partial charge in [0.2, 0.25) is 5.91 Å². The number of carbonyl (C=O) groups excluding carboxylic acids is 1. The third-order valence-corrected chi connectivity index (χ3v) is 4.59. The van der Waals surface area contributed by atoms with E-state index in [1.807, 2.05) is 27.7 Å². The van der Waals surface area contributed by atoms with Crippen LogP contribution in [-0.4, -0.2) is 45.7 Å². The molecule has 0 aromatic carbocycles. The van der Waals surface area contributed by atoms with Gasteiger partial charge in [-0.1, -0.05) is 20.8 Å². The van der Waals surface area contributed by atoms with Gasteiger partial charge in [0, 0.05) is 31.3 Å². The zero-order valence-corrected chi connectivity index (χ0v) is 15.0. The smallest absolute Gasteiger partial charge is 0.249 e. The lowest BCUT2D eigenvalue weighted by atomic mass is 9.93. The molecule has 1 aliphatic rings. The van der Waals surface area contributed by atoms with Crippen molar-refractivity contribution in [3.8, 4) is 0 Å². The van der Waals surface area contributed by atoms with Crippen LogP contribution in [0.4, 0.5) is 0 Å². The Morgan fingerprint density at radius 2 is 2.17 bits per heavy atom. The van der Waals surface area contributed by atoms with Crippen molar-refractivity contribution in [2.75, 3.05) is 20.3 Å². The average molecular weight is 330 g/mol. The Bertz CT molecular complexity index is 732. The predicted octanol–water partition coefficient (Wildman–Crippen LogP) is 2.73. The van der Waals surface area contributed by atoms with Crippen molar-refractivity contribution in [2.24, 2.45) is 0 Å². The Morgan fingerprint density at radius 1 is 1.38 bits per heavy atom. The number of nitrogens with zero attached hydrogens (tertiary/aromatic N) is 4. The van der Waals surface area contributed by atoms with E-state index >= 15 is 0 Å². The van der Waals surface area contributed by atoms with Crippen molar-refractivity contribution in [1.82, 2.24) is 19.5 Å². The van der Waals surface area contributed by atoms with Crippen LogP contribution in [0.1, 0.15) is 57.5 Å². The Morgan fingerprint density at radius 3 is 2.88 bits per heavy atom. The van der Waals surface area contributed by atoms with Crippen molar-refractivity contribution in [1.29, 1.82) is 0 Å². The van der Waals surface area contributed by atoms with Gasteiger partial charge in [0.25, 0.3) is 0 Å². The van der Waals surface area contributed by atoms with Gasteiger partial charge in [-0.25, -0.2) is 9.50 Å². The van der Waals surface area contributed by atoms with Gasteiger partial charge in [-0.2, -0.15) is 5.10 Å². The summed E-state index contributed by atoms with van der Waals surface area (Å²) < 4.78 is 6.96. The van der Waals surface area contributed by atoms with Crippen LogP contribution in [-0.2, 0) is 14.9 Å². The first kappa shape index (κ1) is 16.9. The highest BCUT2D eigenvalue weighted by Crippen LogP contribution is 2.32. The van der Waals surface area contributed by atoms with E-state index in [9.17, 15) is 4.79 Å². The van der Waals surface area contributed by atoms with E-state index in [0.29, 0.717) is 0 Å². The fraction of sp³-hybridized carbons (Fsp3) is 0.611. The summed E-state index contributed by atoms with van der Waals surface area (Å²) in [6.07, 6.45) is 4.90. The molecule has 0 spiro atoms. The van der Waals surface area contributed by atoms with Gasteiger partial charge in [0.05, 0.1) is 17.4 Å². The molecule has 3 heterocycles. The van der Waals surface area contributed by atoms with Gasteiger partial charge < -0.3 is 9.64 Å². The Balaban J connectivity index is 2.03. The number of ether oxygens (including phenoxy) is 1. The van der Waals surface area contributed by atoms with Gasteiger partial charge in [-0.15, -0.1) is 0 Å². The molecule has 1 fully saturated rings. The van der Waals surface area contributed by atoms with Crippen molar-refractivity contribution < 1.29 is 9.53 Å². The van der Waals surface area contributed by atoms with Crippen LogP contribution in [0, 0.1) is 0 Å². The fourth-order valence-electron chi connectivity index (χ4n) is 3.28. The lowest BCUT2D eigenvalue weighted by Gasteiger charge is -2.35. The summed E-state index contributed by atoms with van der Waals surface area (Å²) in [6, 6.07) is 4.04. The van der Waals surface area contributed by atoms with E-state index in [1.54, 1.807) is 7.11 Å². The molecule has 2 aromatic heterocycles. The molecule has 1 unspecified atom stereocenters. The lowest BCUT2D eigenvalue weighted by molar-refractivity contribution is -0.139. The first-order chi connectivity index (χ1) is 11.4. The SMILES string of the molecule is COCC(=O)N1CCCCC1c1ccnc2cc(C(C)(C)C)nn12. The Kier molecular flexibility index (Phi) is 4.58. The number of methoxy groups -OCH3 is 1. The summed E-state index contributed by atoms with van der Waals surface area (Å²) in [4.78, 5) is 18.8. The molecule has 0 radical (unpaired) electrons. The van der Waals surface area contributed by atoms with E-state index < -0.39 is 0 Å². The largest absolute Gasteiger partial charge is 0.375 e. The second kappa shape index (κ2) is 6.51. The topological polar surface area (TPSA) is 59.7 Å². The first-order valence-electron chi connectivity index (χ1n) is 8.55.